The Bertz CT molecular complexity index is 417. The number of amides is 2. The SMILES string of the molecule is CC(C)(CO[SH](=O)=O)C(O)C(=O)NCCC(=O)NCCS. The summed E-state index contributed by atoms with van der Waals surface area (Å²) < 4.78 is 25.1. The zero-order chi connectivity index (χ0) is 16.5. The van der Waals surface area contributed by atoms with Gasteiger partial charge in [0.25, 0.3) is 11.0 Å². The van der Waals surface area contributed by atoms with Crippen molar-refractivity contribution in [1.82, 2.24) is 10.6 Å². The van der Waals surface area contributed by atoms with Gasteiger partial charge in [-0.15, -0.1) is 0 Å². The van der Waals surface area contributed by atoms with Gasteiger partial charge in [0.05, 0.1) is 6.61 Å². The van der Waals surface area contributed by atoms with Crippen LogP contribution in [0.5, 0.6) is 0 Å². The summed E-state index contributed by atoms with van der Waals surface area (Å²) in [5, 5.41) is 14.9. The molecule has 3 N–H and O–H groups in total. The number of hydrogen-bond acceptors (Lipinski definition) is 7. The van der Waals surface area contributed by atoms with E-state index in [1.165, 1.54) is 13.8 Å². The van der Waals surface area contributed by atoms with Crippen LogP contribution in [0.3, 0.4) is 0 Å². The zero-order valence-electron chi connectivity index (χ0n) is 12.0. The Hall–Kier alpha value is -0.840. The summed E-state index contributed by atoms with van der Waals surface area (Å²) in [6.07, 6.45) is -1.37. The average Bonchev–Trinajstić information content (AvgIpc) is 2.42. The maximum atomic E-state index is 11.7. The van der Waals surface area contributed by atoms with Gasteiger partial charge in [-0.2, -0.15) is 12.6 Å². The Morgan fingerprint density at radius 2 is 1.90 bits per heavy atom. The summed E-state index contributed by atoms with van der Waals surface area (Å²) in [4.78, 5) is 23.0. The van der Waals surface area contributed by atoms with Gasteiger partial charge in [-0.1, -0.05) is 13.8 Å². The first-order valence-electron chi connectivity index (χ1n) is 6.31. The van der Waals surface area contributed by atoms with Crippen molar-refractivity contribution in [2.45, 2.75) is 26.4 Å². The molecule has 0 aromatic carbocycles. The quantitative estimate of drug-likeness (QED) is 0.307. The number of carbonyl (C=O) groups is 2. The Morgan fingerprint density at radius 3 is 2.43 bits per heavy atom. The number of aliphatic hydroxyl groups excluding tert-OH is 1. The molecule has 8 nitrogen and oxygen atoms in total. The lowest BCUT2D eigenvalue weighted by Gasteiger charge is -2.28. The van der Waals surface area contributed by atoms with Gasteiger partial charge in [0.2, 0.25) is 11.8 Å². The third-order valence-electron chi connectivity index (χ3n) is 2.62. The molecule has 2 amide bonds. The van der Waals surface area contributed by atoms with E-state index in [9.17, 15) is 23.1 Å². The highest BCUT2D eigenvalue weighted by Gasteiger charge is 2.34. The van der Waals surface area contributed by atoms with E-state index in [-0.39, 0.29) is 25.5 Å². The molecule has 0 spiro atoms. The number of nitrogens with one attached hydrogen (secondary N) is 2. The van der Waals surface area contributed by atoms with Gasteiger partial charge in [0.15, 0.2) is 0 Å². The standard InChI is InChI=1S/C11H22N2O6S2/c1-11(2,7-19-21(17)18)9(15)10(16)13-4-3-8(14)12-5-6-20/h9,15,20-21H,3-7H2,1-2H3,(H,12,14)(H,13,16). The van der Waals surface area contributed by atoms with E-state index in [2.05, 4.69) is 27.4 Å². The molecular formula is C11H22N2O6S2. The topological polar surface area (TPSA) is 122 Å². The third kappa shape index (κ3) is 8.91. The Morgan fingerprint density at radius 1 is 1.29 bits per heavy atom. The molecule has 0 radical (unpaired) electrons. The summed E-state index contributed by atoms with van der Waals surface area (Å²) in [7, 11) is -3.04. The molecule has 0 rings (SSSR count). The van der Waals surface area contributed by atoms with Crippen LogP contribution in [0.15, 0.2) is 0 Å². The number of aliphatic hydroxyl groups is 1. The van der Waals surface area contributed by atoms with E-state index in [0.717, 1.165) is 0 Å². The first-order valence-corrected chi connectivity index (χ1v) is 8.04. The van der Waals surface area contributed by atoms with Crippen molar-refractivity contribution in [3.05, 3.63) is 0 Å². The van der Waals surface area contributed by atoms with E-state index >= 15 is 0 Å². The van der Waals surface area contributed by atoms with Crippen molar-refractivity contribution >= 4 is 35.4 Å². The van der Waals surface area contributed by atoms with E-state index in [4.69, 9.17) is 0 Å². The van der Waals surface area contributed by atoms with Crippen LogP contribution < -0.4 is 10.6 Å². The van der Waals surface area contributed by atoms with Crippen LogP contribution in [0.2, 0.25) is 0 Å². The van der Waals surface area contributed by atoms with Crippen molar-refractivity contribution in [3.63, 3.8) is 0 Å². The number of rotatable bonds is 10. The van der Waals surface area contributed by atoms with Crippen LogP contribution in [0.1, 0.15) is 20.3 Å². The highest BCUT2D eigenvalue weighted by atomic mass is 32.2. The molecule has 0 aromatic heterocycles. The lowest BCUT2D eigenvalue weighted by atomic mass is 9.87. The maximum absolute atomic E-state index is 11.7. The molecule has 0 aliphatic rings. The van der Waals surface area contributed by atoms with Crippen molar-refractivity contribution in [2.75, 3.05) is 25.4 Å². The summed E-state index contributed by atoms with van der Waals surface area (Å²) in [5.74, 6) is -0.399. The molecule has 0 saturated heterocycles. The molecule has 0 aliphatic heterocycles. The monoisotopic (exact) mass is 342 g/mol. The predicted molar refractivity (Wildman–Crippen MR) is 80.5 cm³/mol. The van der Waals surface area contributed by atoms with Gasteiger partial charge in [0.1, 0.15) is 6.10 Å². The van der Waals surface area contributed by atoms with Crippen LogP contribution in [0, 0.1) is 5.41 Å². The lowest BCUT2D eigenvalue weighted by Crippen LogP contribution is -2.46. The maximum Gasteiger partial charge on any atom is 0.257 e. The highest BCUT2D eigenvalue weighted by Crippen LogP contribution is 2.21. The second-order valence-corrected chi connectivity index (χ2v) is 6.16. The smallest absolute Gasteiger partial charge is 0.257 e. The molecule has 10 heteroatoms. The molecule has 1 unspecified atom stereocenters. The number of carbonyl (C=O) groups excluding carboxylic acids is 2. The molecule has 0 saturated carbocycles. The fourth-order valence-electron chi connectivity index (χ4n) is 1.33. The van der Waals surface area contributed by atoms with Crippen molar-refractivity contribution in [3.8, 4) is 0 Å². The van der Waals surface area contributed by atoms with E-state index in [1.54, 1.807) is 0 Å². The molecule has 124 valence electrons. The van der Waals surface area contributed by atoms with E-state index in [0.29, 0.717) is 12.3 Å². The summed E-state index contributed by atoms with van der Waals surface area (Å²) in [6.45, 7) is 3.19. The fourth-order valence-corrected chi connectivity index (χ4v) is 1.88. The molecule has 21 heavy (non-hydrogen) atoms. The van der Waals surface area contributed by atoms with Crippen LogP contribution in [0.4, 0.5) is 0 Å². The predicted octanol–water partition coefficient (Wildman–Crippen LogP) is -1.53. The van der Waals surface area contributed by atoms with Gasteiger partial charge in [-0.25, -0.2) is 8.42 Å². The summed E-state index contributed by atoms with van der Waals surface area (Å²) in [6, 6.07) is 0. The third-order valence-corrected chi connectivity index (χ3v) is 3.18. The average molecular weight is 342 g/mol. The minimum absolute atomic E-state index is 0.0705. The minimum Gasteiger partial charge on any atom is -0.383 e. The normalized spacial score (nSPS) is 13.0. The van der Waals surface area contributed by atoms with Gasteiger partial charge in [0, 0.05) is 30.7 Å². The molecule has 0 heterocycles. The van der Waals surface area contributed by atoms with Crippen LogP contribution >= 0.6 is 12.6 Å². The lowest BCUT2D eigenvalue weighted by molar-refractivity contribution is -0.136. The van der Waals surface area contributed by atoms with Crippen molar-refractivity contribution < 1.29 is 27.3 Å². The van der Waals surface area contributed by atoms with Crippen molar-refractivity contribution in [2.24, 2.45) is 5.41 Å². The summed E-state index contributed by atoms with van der Waals surface area (Å²) in [5.41, 5.74) is -1.08. The van der Waals surface area contributed by atoms with Gasteiger partial charge >= 0.3 is 0 Å². The fraction of sp³-hybridized carbons (Fsp3) is 0.818. The second kappa shape index (κ2) is 9.98. The van der Waals surface area contributed by atoms with Gasteiger partial charge in [-0.05, 0) is 0 Å². The molecule has 0 aromatic rings. The van der Waals surface area contributed by atoms with E-state index < -0.39 is 28.4 Å². The van der Waals surface area contributed by atoms with Crippen molar-refractivity contribution in [1.29, 1.82) is 0 Å². The zero-order valence-corrected chi connectivity index (χ0v) is 13.8. The van der Waals surface area contributed by atoms with Gasteiger partial charge in [-0.3, -0.25) is 13.8 Å². The first-order chi connectivity index (χ1) is 9.70. The number of hydrogen-bond donors (Lipinski definition) is 5. The van der Waals surface area contributed by atoms with Gasteiger partial charge < -0.3 is 15.7 Å². The largest absolute Gasteiger partial charge is 0.383 e. The molecular weight excluding hydrogens is 320 g/mol. The van der Waals surface area contributed by atoms with Crippen LogP contribution in [0.25, 0.3) is 0 Å². The highest BCUT2D eigenvalue weighted by molar-refractivity contribution is 7.80. The molecule has 0 aliphatic carbocycles. The van der Waals surface area contributed by atoms with E-state index in [1.807, 2.05) is 0 Å². The van der Waals surface area contributed by atoms with Crippen LogP contribution in [-0.2, 0) is 24.8 Å². The number of thiol groups is 2. The molecule has 1 atom stereocenters. The Kier molecular flexibility index (Phi) is 9.58. The van der Waals surface area contributed by atoms with Crippen LogP contribution in [-0.4, -0.2) is 56.9 Å². The minimum atomic E-state index is -3.04. The Labute approximate surface area is 131 Å². The molecule has 0 bridgehead atoms. The molecule has 0 fully saturated rings. The second-order valence-electron chi connectivity index (χ2n) is 5.00. The summed E-state index contributed by atoms with van der Waals surface area (Å²) >= 11 is 3.94. The first kappa shape index (κ1) is 20.2. The Balaban J connectivity index is 4.17.